The molecule has 0 saturated heterocycles. The van der Waals surface area contributed by atoms with Gasteiger partial charge in [-0.1, -0.05) is 47.5 Å². The predicted molar refractivity (Wildman–Crippen MR) is 104 cm³/mol. The van der Waals surface area contributed by atoms with Crippen LogP contribution in [0.2, 0.25) is 10.0 Å². The minimum atomic E-state index is -0.304. The Hall–Kier alpha value is -2.82. The largest absolute Gasteiger partial charge is 0.436 e. The SMILES string of the molecule is O=C(Nc1ccc(Cl)c(-c2nc3ccccc3o2)c1)c1ccccc1Cl. The number of nitrogens with one attached hydrogen (secondary N) is 1. The molecule has 1 amide bonds. The van der Waals surface area contributed by atoms with E-state index in [2.05, 4.69) is 10.3 Å². The molecule has 0 radical (unpaired) electrons. The standard InChI is InChI=1S/C20H12Cl2N2O2/c21-15-6-2-1-5-13(15)19(25)23-12-9-10-16(22)14(11-12)20-24-17-7-3-4-8-18(17)26-20/h1-11H,(H,23,25). The monoisotopic (exact) mass is 382 g/mol. The third-order valence-electron chi connectivity index (χ3n) is 3.87. The summed E-state index contributed by atoms with van der Waals surface area (Å²) in [6.07, 6.45) is 0. The van der Waals surface area contributed by atoms with E-state index in [4.69, 9.17) is 27.6 Å². The van der Waals surface area contributed by atoms with Crippen molar-refractivity contribution in [1.29, 1.82) is 0 Å². The Morgan fingerprint density at radius 1 is 0.923 bits per heavy atom. The summed E-state index contributed by atoms with van der Waals surface area (Å²) in [5, 5.41) is 3.68. The molecule has 128 valence electrons. The van der Waals surface area contributed by atoms with Crippen LogP contribution in [0.15, 0.2) is 71.1 Å². The van der Waals surface area contributed by atoms with Crippen molar-refractivity contribution in [3.63, 3.8) is 0 Å². The van der Waals surface area contributed by atoms with Crippen molar-refractivity contribution in [2.75, 3.05) is 5.32 Å². The van der Waals surface area contributed by atoms with Crippen LogP contribution in [0.1, 0.15) is 10.4 Å². The molecule has 0 saturated carbocycles. The number of carbonyl (C=O) groups excluding carboxylic acids is 1. The van der Waals surface area contributed by atoms with E-state index in [0.29, 0.717) is 38.3 Å². The second-order valence-corrected chi connectivity index (χ2v) is 6.43. The third-order valence-corrected chi connectivity index (χ3v) is 4.53. The summed E-state index contributed by atoms with van der Waals surface area (Å²) < 4.78 is 5.77. The first-order valence-electron chi connectivity index (χ1n) is 7.83. The summed E-state index contributed by atoms with van der Waals surface area (Å²) in [5.74, 6) is 0.0893. The Morgan fingerprint density at radius 3 is 2.50 bits per heavy atom. The van der Waals surface area contributed by atoms with Crippen LogP contribution in [0.25, 0.3) is 22.6 Å². The van der Waals surface area contributed by atoms with Gasteiger partial charge in [0.1, 0.15) is 5.52 Å². The van der Waals surface area contributed by atoms with Gasteiger partial charge in [0.15, 0.2) is 5.58 Å². The molecule has 1 N–H and O–H groups in total. The molecule has 0 aliphatic heterocycles. The molecule has 0 spiro atoms. The normalized spacial score (nSPS) is 10.8. The lowest BCUT2D eigenvalue weighted by molar-refractivity contribution is 0.102. The van der Waals surface area contributed by atoms with Gasteiger partial charge in [0.2, 0.25) is 5.89 Å². The Balaban J connectivity index is 1.68. The number of rotatable bonds is 3. The molecule has 0 atom stereocenters. The fourth-order valence-electron chi connectivity index (χ4n) is 2.60. The van der Waals surface area contributed by atoms with Crippen molar-refractivity contribution in [2.24, 2.45) is 0 Å². The summed E-state index contributed by atoms with van der Waals surface area (Å²) in [5.41, 5.74) is 2.97. The second kappa shape index (κ2) is 6.83. The number of halogens is 2. The molecule has 3 aromatic carbocycles. The maximum absolute atomic E-state index is 12.4. The van der Waals surface area contributed by atoms with Gasteiger partial charge in [0.05, 0.1) is 21.2 Å². The molecule has 4 nitrogen and oxygen atoms in total. The molecule has 0 unspecified atom stereocenters. The van der Waals surface area contributed by atoms with Crippen LogP contribution in [0, 0.1) is 0 Å². The highest BCUT2D eigenvalue weighted by atomic mass is 35.5. The van der Waals surface area contributed by atoms with Gasteiger partial charge in [0.25, 0.3) is 5.91 Å². The second-order valence-electron chi connectivity index (χ2n) is 5.62. The average molecular weight is 383 g/mol. The number of carbonyl (C=O) groups is 1. The maximum Gasteiger partial charge on any atom is 0.257 e. The summed E-state index contributed by atoms with van der Waals surface area (Å²) in [6, 6.07) is 19.4. The van der Waals surface area contributed by atoms with Gasteiger partial charge in [0, 0.05) is 5.69 Å². The fraction of sp³-hybridized carbons (Fsp3) is 0. The maximum atomic E-state index is 12.4. The number of amides is 1. The van der Waals surface area contributed by atoms with Crippen LogP contribution in [-0.4, -0.2) is 10.9 Å². The third kappa shape index (κ3) is 3.17. The van der Waals surface area contributed by atoms with E-state index in [1.54, 1.807) is 42.5 Å². The molecule has 4 aromatic rings. The first-order valence-corrected chi connectivity index (χ1v) is 8.59. The van der Waals surface area contributed by atoms with Crippen molar-refractivity contribution in [2.45, 2.75) is 0 Å². The van der Waals surface area contributed by atoms with Gasteiger partial charge in [-0.2, -0.15) is 0 Å². The first-order chi connectivity index (χ1) is 12.6. The Kier molecular flexibility index (Phi) is 4.37. The van der Waals surface area contributed by atoms with Crippen LogP contribution >= 0.6 is 23.2 Å². The van der Waals surface area contributed by atoms with Crippen molar-refractivity contribution >= 4 is 45.9 Å². The average Bonchev–Trinajstić information content (AvgIpc) is 3.07. The number of nitrogens with zero attached hydrogens (tertiary/aromatic N) is 1. The molecule has 4 rings (SSSR count). The summed E-state index contributed by atoms with van der Waals surface area (Å²) in [4.78, 5) is 16.9. The minimum Gasteiger partial charge on any atom is -0.436 e. The van der Waals surface area contributed by atoms with Crippen LogP contribution in [0.4, 0.5) is 5.69 Å². The molecular weight excluding hydrogens is 371 g/mol. The smallest absolute Gasteiger partial charge is 0.257 e. The zero-order valence-electron chi connectivity index (χ0n) is 13.4. The highest BCUT2D eigenvalue weighted by molar-refractivity contribution is 6.34. The molecule has 6 heteroatoms. The molecule has 0 bridgehead atoms. The highest BCUT2D eigenvalue weighted by Gasteiger charge is 2.14. The molecule has 0 aliphatic carbocycles. The fourth-order valence-corrected chi connectivity index (χ4v) is 3.02. The highest BCUT2D eigenvalue weighted by Crippen LogP contribution is 2.32. The summed E-state index contributed by atoms with van der Waals surface area (Å²) in [6.45, 7) is 0. The van der Waals surface area contributed by atoms with Crippen LogP contribution < -0.4 is 5.32 Å². The summed E-state index contributed by atoms with van der Waals surface area (Å²) in [7, 11) is 0. The number of hydrogen-bond donors (Lipinski definition) is 1. The van der Waals surface area contributed by atoms with Crippen molar-refractivity contribution in [3.05, 3.63) is 82.3 Å². The molecule has 1 heterocycles. The molecular formula is C20H12Cl2N2O2. The van der Waals surface area contributed by atoms with Crippen LogP contribution in [0.5, 0.6) is 0 Å². The van der Waals surface area contributed by atoms with E-state index in [-0.39, 0.29) is 5.91 Å². The zero-order chi connectivity index (χ0) is 18.1. The quantitative estimate of drug-likeness (QED) is 0.468. The molecule has 0 aliphatic rings. The van der Waals surface area contributed by atoms with E-state index in [0.717, 1.165) is 5.52 Å². The number of para-hydroxylation sites is 2. The van der Waals surface area contributed by atoms with Crippen molar-refractivity contribution in [3.8, 4) is 11.5 Å². The van der Waals surface area contributed by atoms with E-state index in [1.807, 2.05) is 24.3 Å². The first kappa shape index (κ1) is 16.6. The number of benzene rings is 3. The van der Waals surface area contributed by atoms with Crippen LogP contribution in [0.3, 0.4) is 0 Å². The van der Waals surface area contributed by atoms with E-state index >= 15 is 0 Å². The number of aromatic nitrogens is 1. The van der Waals surface area contributed by atoms with Crippen molar-refractivity contribution < 1.29 is 9.21 Å². The predicted octanol–water partition coefficient (Wildman–Crippen LogP) is 6.05. The minimum absolute atomic E-state index is 0.304. The summed E-state index contributed by atoms with van der Waals surface area (Å²) >= 11 is 12.4. The molecule has 0 fully saturated rings. The van der Waals surface area contributed by atoms with Gasteiger partial charge >= 0.3 is 0 Å². The van der Waals surface area contributed by atoms with Crippen molar-refractivity contribution in [1.82, 2.24) is 4.98 Å². The lowest BCUT2D eigenvalue weighted by Gasteiger charge is -2.08. The molecule has 1 aromatic heterocycles. The number of hydrogen-bond acceptors (Lipinski definition) is 3. The lowest BCUT2D eigenvalue weighted by atomic mass is 10.1. The lowest BCUT2D eigenvalue weighted by Crippen LogP contribution is -2.12. The zero-order valence-corrected chi connectivity index (χ0v) is 14.9. The van der Waals surface area contributed by atoms with Gasteiger partial charge in [-0.15, -0.1) is 0 Å². The van der Waals surface area contributed by atoms with Crippen LogP contribution in [-0.2, 0) is 0 Å². The number of anilines is 1. The Morgan fingerprint density at radius 2 is 1.69 bits per heavy atom. The van der Waals surface area contributed by atoms with E-state index in [9.17, 15) is 4.79 Å². The number of oxazole rings is 1. The van der Waals surface area contributed by atoms with Gasteiger partial charge in [-0.05, 0) is 42.5 Å². The van der Waals surface area contributed by atoms with Gasteiger partial charge < -0.3 is 9.73 Å². The van der Waals surface area contributed by atoms with E-state index < -0.39 is 0 Å². The Bertz CT molecular complexity index is 1090. The van der Waals surface area contributed by atoms with Gasteiger partial charge in [-0.3, -0.25) is 4.79 Å². The number of fused-ring (bicyclic) bond motifs is 1. The molecule has 26 heavy (non-hydrogen) atoms. The van der Waals surface area contributed by atoms with Gasteiger partial charge in [-0.25, -0.2) is 4.98 Å². The Labute approximate surface area is 159 Å². The topological polar surface area (TPSA) is 55.1 Å². The van der Waals surface area contributed by atoms with E-state index in [1.165, 1.54) is 0 Å².